The number of hydrogen-bond acceptors (Lipinski definition) is 2. The van der Waals surface area contributed by atoms with Gasteiger partial charge in [0.2, 0.25) is 0 Å². The first kappa shape index (κ1) is 14.3. The molecular formula is C16H31NO. The summed E-state index contributed by atoms with van der Waals surface area (Å²) in [5.41, 5.74) is 0. The van der Waals surface area contributed by atoms with Crippen molar-refractivity contribution < 1.29 is 5.11 Å². The first-order valence-electron chi connectivity index (χ1n) is 8.30. The minimum Gasteiger partial charge on any atom is -0.378 e. The minimum atomic E-state index is -0.244. The Hall–Kier alpha value is -0.0800. The highest BCUT2D eigenvalue weighted by atomic mass is 16.3. The van der Waals surface area contributed by atoms with Crippen molar-refractivity contribution in [2.24, 2.45) is 5.92 Å². The van der Waals surface area contributed by atoms with Crippen molar-refractivity contribution in [3.63, 3.8) is 0 Å². The molecule has 0 radical (unpaired) electrons. The van der Waals surface area contributed by atoms with E-state index in [2.05, 4.69) is 5.32 Å². The second-order valence-corrected chi connectivity index (χ2v) is 6.41. The predicted molar refractivity (Wildman–Crippen MR) is 76.4 cm³/mol. The number of aliphatic hydroxyl groups is 1. The molecule has 0 saturated heterocycles. The van der Waals surface area contributed by atoms with E-state index in [9.17, 15) is 5.11 Å². The van der Waals surface area contributed by atoms with Crippen LogP contribution in [0.5, 0.6) is 0 Å². The summed E-state index contributed by atoms with van der Waals surface area (Å²) in [6.07, 6.45) is 17.0. The molecule has 2 aliphatic carbocycles. The molecule has 1 unspecified atom stereocenters. The fourth-order valence-electron chi connectivity index (χ4n) is 3.63. The van der Waals surface area contributed by atoms with E-state index in [1.54, 1.807) is 0 Å². The number of nitrogens with one attached hydrogen (secondary N) is 1. The summed E-state index contributed by atoms with van der Waals surface area (Å²) in [4.78, 5) is 0. The Balaban J connectivity index is 1.75. The molecule has 0 aromatic rings. The first-order valence-corrected chi connectivity index (χ1v) is 8.30. The van der Waals surface area contributed by atoms with E-state index in [0.29, 0.717) is 12.0 Å². The van der Waals surface area contributed by atoms with Crippen LogP contribution in [0.2, 0.25) is 0 Å². The van der Waals surface area contributed by atoms with Gasteiger partial charge < -0.3 is 5.11 Å². The SMILES string of the molecule is OC(NC1CCCCCC1)C1CCCCCCC1. The zero-order valence-corrected chi connectivity index (χ0v) is 11.9. The molecule has 0 spiro atoms. The smallest absolute Gasteiger partial charge is 0.107 e. The van der Waals surface area contributed by atoms with Gasteiger partial charge in [-0.25, -0.2) is 0 Å². The Bertz CT molecular complexity index is 203. The van der Waals surface area contributed by atoms with Gasteiger partial charge >= 0.3 is 0 Å². The van der Waals surface area contributed by atoms with E-state index in [4.69, 9.17) is 0 Å². The van der Waals surface area contributed by atoms with Crippen LogP contribution in [0.1, 0.15) is 83.5 Å². The Labute approximate surface area is 113 Å². The summed E-state index contributed by atoms with van der Waals surface area (Å²) < 4.78 is 0. The summed E-state index contributed by atoms with van der Waals surface area (Å²) in [7, 11) is 0. The topological polar surface area (TPSA) is 32.3 Å². The normalized spacial score (nSPS) is 27.2. The highest BCUT2D eigenvalue weighted by molar-refractivity contribution is 4.76. The summed E-state index contributed by atoms with van der Waals surface area (Å²) in [5, 5.41) is 14.0. The molecule has 2 saturated carbocycles. The van der Waals surface area contributed by atoms with Gasteiger partial charge in [0.1, 0.15) is 6.23 Å². The van der Waals surface area contributed by atoms with Crippen molar-refractivity contribution in [2.45, 2.75) is 95.7 Å². The Morgan fingerprint density at radius 3 is 1.67 bits per heavy atom. The quantitative estimate of drug-likeness (QED) is 0.589. The summed E-state index contributed by atoms with van der Waals surface area (Å²) in [6.45, 7) is 0. The molecule has 0 aliphatic heterocycles. The maximum absolute atomic E-state index is 10.4. The first-order chi connectivity index (χ1) is 8.86. The molecule has 0 amide bonds. The van der Waals surface area contributed by atoms with Gasteiger partial charge in [-0.2, -0.15) is 0 Å². The Morgan fingerprint density at radius 2 is 1.11 bits per heavy atom. The Morgan fingerprint density at radius 1 is 0.667 bits per heavy atom. The van der Waals surface area contributed by atoms with Gasteiger partial charge in [-0.1, -0.05) is 57.8 Å². The van der Waals surface area contributed by atoms with Crippen molar-refractivity contribution in [1.82, 2.24) is 5.32 Å². The second kappa shape index (κ2) is 8.16. The van der Waals surface area contributed by atoms with E-state index in [0.717, 1.165) is 0 Å². The maximum atomic E-state index is 10.4. The number of rotatable bonds is 3. The predicted octanol–water partition coefficient (Wildman–Crippen LogP) is 3.98. The van der Waals surface area contributed by atoms with E-state index >= 15 is 0 Å². The van der Waals surface area contributed by atoms with Crippen LogP contribution in [-0.2, 0) is 0 Å². The lowest BCUT2D eigenvalue weighted by Gasteiger charge is -2.29. The van der Waals surface area contributed by atoms with E-state index in [-0.39, 0.29) is 6.23 Å². The van der Waals surface area contributed by atoms with Gasteiger partial charge in [0.05, 0.1) is 0 Å². The molecule has 106 valence electrons. The van der Waals surface area contributed by atoms with Crippen molar-refractivity contribution in [1.29, 1.82) is 0 Å². The van der Waals surface area contributed by atoms with Gasteiger partial charge in [0, 0.05) is 6.04 Å². The lowest BCUT2D eigenvalue weighted by atomic mass is 9.89. The lowest BCUT2D eigenvalue weighted by Crippen LogP contribution is -2.42. The summed E-state index contributed by atoms with van der Waals surface area (Å²) in [6, 6.07) is 0.577. The molecule has 2 heteroatoms. The maximum Gasteiger partial charge on any atom is 0.107 e. The third-order valence-electron chi connectivity index (χ3n) is 4.86. The van der Waals surface area contributed by atoms with Gasteiger partial charge in [0.25, 0.3) is 0 Å². The molecular weight excluding hydrogens is 222 g/mol. The van der Waals surface area contributed by atoms with Crippen molar-refractivity contribution in [3.8, 4) is 0 Å². The van der Waals surface area contributed by atoms with E-state index in [1.165, 1.54) is 83.5 Å². The largest absolute Gasteiger partial charge is 0.378 e. The molecule has 18 heavy (non-hydrogen) atoms. The van der Waals surface area contributed by atoms with Crippen LogP contribution in [0.3, 0.4) is 0 Å². The summed E-state index contributed by atoms with van der Waals surface area (Å²) in [5.74, 6) is 0.508. The van der Waals surface area contributed by atoms with Gasteiger partial charge in [0.15, 0.2) is 0 Å². The summed E-state index contributed by atoms with van der Waals surface area (Å²) >= 11 is 0. The average Bonchev–Trinajstić information content (AvgIpc) is 2.57. The molecule has 1 atom stereocenters. The standard InChI is InChI=1S/C16H31NO/c18-16(14-10-6-2-1-3-7-11-14)17-15-12-8-4-5-9-13-15/h14-18H,1-13H2. The molecule has 0 aromatic carbocycles. The van der Waals surface area contributed by atoms with Gasteiger partial charge in [-0.3, -0.25) is 5.32 Å². The van der Waals surface area contributed by atoms with E-state index in [1.807, 2.05) is 0 Å². The van der Waals surface area contributed by atoms with Crippen LogP contribution in [0.4, 0.5) is 0 Å². The molecule has 0 bridgehead atoms. The molecule has 2 nitrogen and oxygen atoms in total. The molecule has 0 heterocycles. The molecule has 0 aromatic heterocycles. The third kappa shape index (κ3) is 4.89. The van der Waals surface area contributed by atoms with Crippen molar-refractivity contribution >= 4 is 0 Å². The second-order valence-electron chi connectivity index (χ2n) is 6.41. The van der Waals surface area contributed by atoms with E-state index < -0.39 is 0 Å². The molecule has 2 N–H and O–H groups in total. The van der Waals surface area contributed by atoms with Crippen molar-refractivity contribution in [3.05, 3.63) is 0 Å². The molecule has 2 aliphatic rings. The fraction of sp³-hybridized carbons (Fsp3) is 1.00. The number of aliphatic hydroxyl groups excluding tert-OH is 1. The third-order valence-corrected chi connectivity index (χ3v) is 4.86. The van der Waals surface area contributed by atoms with Crippen LogP contribution in [-0.4, -0.2) is 17.4 Å². The zero-order valence-electron chi connectivity index (χ0n) is 11.9. The molecule has 2 fully saturated rings. The van der Waals surface area contributed by atoms with Gasteiger partial charge in [-0.05, 0) is 31.6 Å². The zero-order chi connectivity index (χ0) is 12.6. The fourth-order valence-corrected chi connectivity index (χ4v) is 3.63. The number of hydrogen-bond donors (Lipinski definition) is 2. The van der Waals surface area contributed by atoms with Crippen LogP contribution in [0.25, 0.3) is 0 Å². The molecule has 2 rings (SSSR count). The minimum absolute atomic E-state index is 0.244. The van der Waals surface area contributed by atoms with Crippen LogP contribution in [0, 0.1) is 5.92 Å². The van der Waals surface area contributed by atoms with Gasteiger partial charge in [-0.15, -0.1) is 0 Å². The Kier molecular flexibility index (Phi) is 6.50. The average molecular weight is 253 g/mol. The monoisotopic (exact) mass is 253 g/mol. The van der Waals surface area contributed by atoms with Crippen LogP contribution < -0.4 is 5.32 Å². The lowest BCUT2D eigenvalue weighted by molar-refractivity contribution is 0.0476. The highest BCUT2D eigenvalue weighted by Gasteiger charge is 2.23. The van der Waals surface area contributed by atoms with Crippen LogP contribution in [0.15, 0.2) is 0 Å². The van der Waals surface area contributed by atoms with Crippen LogP contribution >= 0.6 is 0 Å². The van der Waals surface area contributed by atoms with Crippen molar-refractivity contribution in [2.75, 3.05) is 0 Å². The highest BCUT2D eigenvalue weighted by Crippen LogP contribution is 2.25.